The number of ether oxygens (including phenoxy) is 1. The van der Waals surface area contributed by atoms with Gasteiger partial charge in [0.05, 0.1) is 18.8 Å². The Morgan fingerprint density at radius 3 is 2.69 bits per heavy atom. The number of nitrogens with zero attached hydrogens (tertiary/aromatic N) is 2. The van der Waals surface area contributed by atoms with E-state index in [0.717, 1.165) is 16.7 Å². The Morgan fingerprint density at radius 2 is 1.93 bits per heavy atom. The van der Waals surface area contributed by atoms with Crippen molar-refractivity contribution in [1.82, 2.24) is 5.32 Å². The second kappa shape index (κ2) is 8.18. The summed E-state index contributed by atoms with van der Waals surface area (Å²) in [6, 6.07) is 18.2. The van der Waals surface area contributed by atoms with Crippen LogP contribution < -0.4 is 10.3 Å². The average molecular weight is 391 g/mol. The van der Waals surface area contributed by atoms with Crippen molar-refractivity contribution in [3.8, 4) is 0 Å². The van der Waals surface area contributed by atoms with Crippen molar-refractivity contribution in [3.05, 3.63) is 66.4 Å². The Labute approximate surface area is 167 Å². The van der Waals surface area contributed by atoms with Crippen LogP contribution in [-0.2, 0) is 20.9 Å². The summed E-state index contributed by atoms with van der Waals surface area (Å²) in [5.41, 5.74) is 1.74. The predicted octanol–water partition coefficient (Wildman–Crippen LogP) is 3.25. The molecule has 7 nitrogen and oxygen atoms in total. The molecule has 0 aliphatic carbocycles. The normalized spacial score (nSPS) is 16.0. The minimum absolute atomic E-state index is 0.180. The van der Waals surface area contributed by atoms with Crippen LogP contribution in [0.5, 0.6) is 0 Å². The van der Waals surface area contributed by atoms with E-state index in [0.29, 0.717) is 5.76 Å². The number of rotatable bonds is 6. The fourth-order valence-electron chi connectivity index (χ4n) is 3.29. The van der Waals surface area contributed by atoms with E-state index in [1.807, 2.05) is 60.7 Å². The molecule has 29 heavy (non-hydrogen) atoms. The third kappa shape index (κ3) is 3.99. The van der Waals surface area contributed by atoms with Gasteiger partial charge in [-0.15, -0.1) is 0 Å². The topological polar surface area (TPSA) is 84.1 Å². The standard InChI is InChI=1S/C22H21N3O4/c1-2-28-22(27)18-13-19(25(24-18)16-9-4-3-5-10-16)21(26)23-14-17-12-15-8-6-7-11-20(15)29-17/h3-12,19H,2,13-14H2,1H3,(H,23,26). The molecule has 1 aliphatic heterocycles. The van der Waals surface area contributed by atoms with E-state index in [2.05, 4.69) is 10.4 Å². The summed E-state index contributed by atoms with van der Waals surface area (Å²) in [6.07, 6.45) is 0.180. The molecule has 0 radical (unpaired) electrons. The van der Waals surface area contributed by atoms with Crippen molar-refractivity contribution in [3.63, 3.8) is 0 Å². The number of benzene rings is 2. The number of hydrazone groups is 1. The predicted molar refractivity (Wildman–Crippen MR) is 109 cm³/mol. The van der Waals surface area contributed by atoms with Crippen LogP contribution in [-0.4, -0.2) is 30.2 Å². The maximum Gasteiger partial charge on any atom is 0.354 e. The molecular weight excluding hydrogens is 370 g/mol. The van der Waals surface area contributed by atoms with Crippen LogP contribution in [0.25, 0.3) is 11.0 Å². The number of fused-ring (bicyclic) bond motifs is 1. The molecule has 1 amide bonds. The Hall–Kier alpha value is -3.61. The lowest BCUT2D eigenvalue weighted by atomic mass is 10.1. The number of carbonyl (C=O) groups is 2. The number of furan rings is 1. The number of amides is 1. The Balaban J connectivity index is 1.50. The van der Waals surface area contributed by atoms with Crippen molar-refractivity contribution < 1.29 is 18.7 Å². The van der Waals surface area contributed by atoms with Gasteiger partial charge in [0.15, 0.2) is 0 Å². The minimum Gasteiger partial charge on any atom is -0.461 e. The van der Waals surface area contributed by atoms with E-state index in [4.69, 9.17) is 9.15 Å². The zero-order valence-corrected chi connectivity index (χ0v) is 16.0. The first-order valence-corrected chi connectivity index (χ1v) is 9.49. The highest BCUT2D eigenvalue weighted by atomic mass is 16.5. The number of hydrogen-bond donors (Lipinski definition) is 1. The number of anilines is 1. The first kappa shape index (κ1) is 18.7. The molecule has 1 aromatic heterocycles. The Bertz CT molecular complexity index is 1030. The number of para-hydroxylation sites is 2. The minimum atomic E-state index is -0.638. The van der Waals surface area contributed by atoms with Gasteiger partial charge in [-0.05, 0) is 31.2 Å². The van der Waals surface area contributed by atoms with Gasteiger partial charge in [-0.25, -0.2) is 4.79 Å². The van der Waals surface area contributed by atoms with Crippen molar-refractivity contribution in [2.75, 3.05) is 11.6 Å². The summed E-state index contributed by atoms with van der Waals surface area (Å²) in [7, 11) is 0. The van der Waals surface area contributed by atoms with Crippen LogP contribution in [0.2, 0.25) is 0 Å². The highest BCUT2D eigenvalue weighted by Crippen LogP contribution is 2.25. The smallest absolute Gasteiger partial charge is 0.354 e. The van der Waals surface area contributed by atoms with Crippen LogP contribution in [0.15, 0.2) is 70.2 Å². The molecule has 4 rings (SSSR count). The summed E-state index contributed by atoms with van der Waals surface area (Å²) in [5, 5.41) is 9.81. The largest absolute Gasteiger partial charge is 0.461 e. The lowest BCUT2D eigenvalue weighted by Gasteiger charge is -2.22. The zero-order valence-electron chi connectivity index (χ0n) is 16.0. The molecule has 1 aliphatic rings. The Kier molecular flexibility index (Phi) is 5.29. The molecule has 3 aromatic rings. The zero-order chi connectivity index (χ0) is 20.2. The number of esters is 1. The molecule has 0 spiro atoms. The van der Waals surface area contributed by atoms with E-state index in [9.17, 15) is 9.59 Å². The van der Waals surface area contributed by atoms with Gasteiger partial charge >= 0.3 is 5.97 Å². The maximum absolute atomic E-state index is 12.9. The van der Waals surface area contributed by atoms with E-state index >= 15 is 0 Å². The monoisotopic (exact) mass is 391 g/mol. The number of nitrogens with one attached hydrogen (secondary N) is 1. The maximum atomic E-state index is 12.9. The molecule has 7 heteroatoms. The summed E-state index contributed by atoms with van der Waals surface area (Å²) >= 11 is 0. The highest BCUT2D eigenvalue weighted by Gasteiger charge is 2.36. The SMILES string of the molecule is CCOC(=O)C1=NN(c2ccccc2)C(C(=O)NCc2cc3ccccc3o2)C1. The van der Waals surface area contributed by atoms with Gasteiger partial charge < -0.3 is 14.5 Å². The van der Waals surface area contributed by atoms with Crippen LogP contribution in [0.4, 0.5) is 5.69 Å². The lowest BCUT2D eigenvalue weighted by molar-refractivity contribution is -0.135. The third-order valence-electron chi connectivity index (χ3n) is 4.66. The van der Waals surface area contributed by atoms with Crippen molar-refractivity contribution in [2.45, 2.75) is 25.9 Å². The third-order valence-corrected chi connectivity index (χ3v) is 4.66. The molecule has 0 saturated heterocycles. The molecule has 1 atom stereocenters. The molecule has 148 valence electrons. The van der Waals surface area contributed by atoms with Crippen LogP contribution in [0.3, 0.4) is 0 Å². The van der Waals surface area contributed by atoms with Crippen molar-refractivity contribution >= 4 is 34.2 Å². The van der Waals surface area contributed by atoms with Gasteiger partial charge in [0.25, 0.3) is 0 Å². The molecule has 0 bridgehead atoms. The first-order valence-electron chi connectivity index (χ1n) is 9.49. The second-order valence-corrected chi connectivity index (χ2v) is 6.64. The van der Waals surface area contributed by atoms with E-state index in [1.165, 1.54) is 0 Å². The van der Waals surface area contributed by atoms with Gasteiger partial charge in [-0.3, -0.25) is 9.80 Å². The summed E-state index contributed by atoms with van der Waals surface area (Å²) < 4.78 is 10.8. The molecule has 1 N–H and O–H groups in total. The Morgan fingerprint density at radius 1 is 1.17 bits per heavy atom. The van der Waals surface area contributed by atoms with Gasteiger partial charge in [0.2, 0.25) is 5.91 Å². The highest BCUT2D eigenvalue weighted by molar-refractivity contribution is 6.38. The van der Waals surface area contributed by atoms with Crippen molar-refractivity contribution in [2.24, 2.45) is 5.10 Å². The molecule has 2 aromatic carbocycles. The molecule has 2 heterocycles. The van der Waals surface area contributed by atoms with E-state index in [-0.39, 0.29) is 31.2 Å². The first-order chi connectivity index (χ1) is 14.2. The van der Waals surface area contributed by atoms with Crippen LogP contribution in [0, 0.1) is 0 Å². The lowest BCUT2D eigenvalue weighted by Crippen LogP contribution is -2.42. The number of carbonyl (C=O) groups excluding carboxylic acids is 2. The fraction of sp³-hybridized carbons (Fsp3) is 0.227. The van der Waals surface area contributed by atoms with Gasteiger partial charge in [0, 0.05) is 11.8 Å². The van der Waals surface area contributed by atoms with E-state index in [1.54, 1.807) is 11.9 Å². The molecular formula is C22H21N3O4. The molecule has 0 fully saturated rings. The summed E-state index contributed by atoms with van der Waals surface area (Å²) in [6.45, 7) is 2.24. The fourth-order valence-corrected chi connectivity index (χ4v) is 3.29. The number of hydrogen-bond acceptors (Lipinski definition) is 6. The van der Waals surface area contributed by atoms with Gasteiger partial charge in [-0.2, -0.15) is 5.10 Å². The van der Waals surface area contributed by atoms with Crippen LogP contribution >= 0.6 is 0 Å². The van der Waals surface area contributed by atoms with Gasteiger partial charge in [-0.1, -0.05) is 36.4 Å². The quantitative estimate of drug-likeness (QED) is 0.652. The summed E-state index contributed by atoms with van der Waals surface area (Å²) in [4.78, 5) is 25.1. The van der Waals surface area contributed by atoms with Crippen molar-refractivity contribution in [1.29, 1.82) is 0 Å². The molecule has 0 saturated carbocycles. The summed E-state index contributed by atoms with van der Waals surface area (Å²) in [5.74, 6) is -0.0753. The molecule has 1 unspecified atom stereocenters. The second-order valence-electron chi connectivity index (χ2n) is 6.64. The van der Waals surface area contributed by atoms with Crippen LogP contribution in [0.1, 0.15) is 19.1 Å². The average Bonchev–Trinajstić information content (AvgIpc) is 3.37. The van der Waals surface area contributed by atoms with E-state index < -0.39 is 12.0 Å². The van der Waals surface area contributed by atoms with Gasteiger partial charge in [0.1, 0.15) is 23.1 Å².